The smallest absolute Gasteiger partial charge is 0.217 e. The summed E-state index contributed by atoms with van der Waals surface area (Å²) >= 11 is 0. The number of likely N-dealkylation sites (tertiary alicyclic amines) is 1. The number of halogens is 1. The molecule has 1 atom stereocenters. The lowest BCUT2D eigenvalue weighted by molar-refractivity contribution is -0.118. The van der Waals surface area contributed by atoms with Crippen LogP contribution in [0.2, 0.25) is 0 Å². The third kappa shape index (κ3) is 4.60. The summed E-state index contributed by atoms with van der Waals surface area (Å²) in [6.45, 7) is 3.63. The quantitative estimate of drug-likeness (QED) is 0.876. The Morgan fingerprint density at radius 2 is 2.08 bits per heavy atom. The molecule has 0 aliphatic carbocycles. The van der Waals surface area contributed by atoms with Crippen molar-refractivity contribution in [3.8, 4) is 0 Å². The van der Waals surface area contributed by atoms with Crippen molar-refractivity contribution in [3.63, 3.8) is 0 Å². The van der Waals surface area contributed by atoms with Gasteiger partial charge in [-0.1, -0.05) is 12.1 Å². The van der Waals surface area contributed by atoms with Crippen LogP contribution in [0.15, 0.2) is 30.3 Å². The highest BCUT2D eigenvalue weighted by atomic mass is 19.1. The van der Waals surface area contributed by atoms with Crippen molar-refractivity contribution in [2.24, 2.45) is 5.73 Å². The third-order valence-corrected chi connectivity index (χ3v) is 4.54. The molecule has 25 heavy (non-hydrogen) atoms. The SMILES string of the molecule is Cc1nc(CCC(N)=O)cc(C2CCCN2Cc2ccc(F)cc2)n1. The van der Waals surface area contributed by atoms with Crippen LogP contribution in [-0.4, -0.2) is 27.3 Å². The lowest BCUT2D eigenvalue weighted by atomic mass is 10.1. The van der Waals surface area contributed by atoms with E-state index in [0.717, 1.165) is 42.9 Å². The van der Waals surface area contributed by atoms with Gasteiger partial charge in [-0.2, -0.15) is 0 Å². The maximum absolute atomic E-state index is 13.1. The van der Waals surface area contributed by atoms with Crippen LogP contribution in [0, 0.1) is 12.7 Å². The van der Waals surface area contributed by atoms with Gasteiger partial charge in [-0.25, -0.2) is 14.4 Å². The first kappa shape index (κ1) is 17.5. The van der Waals surface area contributed by atoms with E-state index in [1.807, 2.05) is 25.1 Å². The number of carbonyl (C=O) groups excluding carboxylic acids is 1. The molecule has 1 amide bonds. The van der Waals surface area contributed by atoms with Crippen molar-refractivity contribution < 1.29 is 9.18 Å². The number of primary amides is 1. The van der Waals surface area contributed by atoms with Gasteiger partial charge in [0.25, 0.3) is 0 Å². The molecule has 6 heteroatoms. The first-order chi connectivity index (χ1) is 12.0. The summed E-state index contributed by atoms with van der Waals surface area (Å²) in [5.41, 5.74) is 8.18. The second kappa shape index (κ2) is 7.70. The molecular formula is C19H23FN4O. The summed E-state index contributed by atoms with van der Waals surface area (Å²) in [7, 11) is 0. The Morgan fingerprint density at radius 3 is 2.80 bits per heavy atom. The Balaban J connectivity index is 1.77. The Labute approximate surface area is 147 Å². The van der Waals surface area contributed by atoms with Gasteiger partial charge in [-0.3, -0.25) is 9.69 Å². The van der Waals surface area contributed by atoms with Gasteiger partial charge in [0.15, 0.2) is 0 Å². The first-order valence-electron chi connectivity index (χ1n) is 8.62. The summed E-state index contributed by atoms with van der Waals surface area (Å²) in [4.78, 5) is 22.4. The summed E-state index contributed by atoms with van der Waals surface area (Å²) in [5, 5.41) is 0. The molecule has 0 radical (unpaired) electrons. The topological polar surface area (TPSA) is 72.1 Å². The average molecular weight is 342 g/mol. The van der Waals surface area contributed by atoms with E-state index < -0.39 is 0 Å². The average Bonchev–Trinajstić information content (AvgIpc) is 3.03. The molecule has 2 N–H and O–H groups in total. The summed E-state index contributed by atoms with van der Waals surface area (Å²) in [6.07, 6.45) is 2.97. The van der Waals surface area contributed by atoms with Crippen molar-refractivity contribution in [2.45, 2.75) is 45.2 Å². The predicted molar refractivity (Wildman–Crippen MR) is 93.1 cm³/mol. The van der Waals surface area contributed by atoms with Crippen LogP contribution in [0.5, 0.6) is 0 Å². The molecule has 1 aliphatic heterocycles. The van der Waals surface area contributed by atoms with Gasteiger partial charge < -0.3 is 5.73 Å². The molecule has 3 rings (SSSR count). The van der Waals surface area contributed by atoms with Crippen LogP contribution in [0.4, 0.5) is 4.39 Å². The van der Waals surface area contributed by atoms with E-state index in [2.05, 4.69) is 14.9 Å². The Morgan fingerprint density at radius 1 is 1.32 bits per heavy atom. The fourth-order valence-electron chi connectivity index (χ4n) is 3.38. The van der Waals surface area contributed by atoms with Crippen LogP contribution in [0.25, 0.3) is 0 Å². The number of hydrogen-bond acceptors (Lipinski definition) is 4. The highest BCUT2D eigenvalue weighted by Crippen LogP contribution is 2.32. The largest absolute Gasteiger partial charge is 0.370 e. The second-order valence-electron chi connectivity index (χ2n) is 6.55. The highest BCUT2D eigenvalue weighted by Gasteiger charge is 2.27. The van der Waals surface area contributed by atoms with E-state index in [4.69, 9.17) is 5.73 Å². The van der Waals surface area contributed by atoms with E-state index in [1.54, 1.807) is 0 Å². The first-order valence-corrected chi connectivity index (χ1v) is 8.62. The Kier molecular flexibility index (Phi) is 5.38. The number of aryl methyl sites for hydroxylation is 2. The summed E-state index contributed by atoms with van der Waals surface area (Å²) < 4.78 is 13.1. The zero-order valence-electron chi connectivity index (χ0n) is 14.4. The van der Waals surface area contributed by atoms with Gasteiger partial charge in [-0.15, -0.1) is 0 Å². The maximum atomic E-state index is 13.1. The van der Waals surface area contributed by atoms with Gasteiger partial charge in [0, 0.05) is 18.7 Å². The predicted octanol–water partition coefficient (Wildman–Crippen LogP) is 2.68. The third-order valence-electron chi connectivity index (χ3n) is 4.54. The highest BCUT2D eigenvalue weighted by molar-refractivity contribution is 5.73. The maximum Gasteiger partial charge on any atom is 0.217 e. The number of amides is 1. The molecule has 1 unspecified atom stereocenters. The number of nitrogens with two attached hydrogens (primary N) is 1. The lowest BCUT2D eigenvalue weighted by Crippen LogP contribution is -2.24. The molecule has 5 nitrogen and oxygen atoms in total. The van der Waals surface area contributed by atoms with Crippen LogP contribution in [-0.2, 0) is 17.8 Å². The molecule has 1 aliphatic rings. The van der Waals surface area contributed by atoms with Crippen LogP contribution >= 0.6 is 0 Å². The van der Waals surface area contributed by atoms with E-state index in [-0.39, 0.29) is 17.8 Å². The molecule has 132 valence electrons. The Bertz CT molecular complexity index is 748. The van der Waals surface area contributed by atoms with Crippen LogP contribution < -0.4 is 5.73 Å². The van der Waals surface area contributed by atoms with Crippen molar-refractivity contribution >= 4 is 5.91 Å². The molecule has 0 bridgehead atoms. The minimum atomic E-state index is -0.323. The second-order valence-corrected chi connectivity index (χ2v) is 6.55. The zero-order valence-corrected chi connectivity index (χ0v) is 14.4. The van der Waals surface area contributed by atoms with Crippen molar-refractivity contribution in [3.05, 3.63) is 58.9 Å². The number of carbonyl (C=O) groups is 1. The lowest BCUT2D eigenvalue weighted by Gasteiger charge is -2.24. The normalized spacial score (nSPS) is 17.8. The summed E-state index contributed by atoms with van der Waals surface area (Å²) in [5.74, 6) is 0.175. The van der Waals surface area contributed by atoms with Gasteiger partial charge in [0.05, 0.1) is 11.7 Å². The minimum Gasteiger partial charge on any atom is -0.370 e. The monoisotopic (exact) mass is 342 g/mol. The fourth-order valence-corrected chi connectivity index (χ4v) is 3.38. The number of nitrogens with zero attached hydrogens (tertiary/aromatic N) is 3. The van der Waals surface area contributed by atoms with E-state index in [0.29, 0.717) is 18.7 Å². The molecule has 0 spiro atoms. The van der Waals surface area contributed by atoms with Crippen molar-refractivity contribution in [1.29, 1.82) is 0 Å². The number of benzene rings is 1. The molecule has 1 aromatic carbocycles. The van der Waals surface area contributed by atoms with Gasteiger partial charge in [-0.05, 0) is 56.5 Å². The van der Waals surface area contributed by atoms with E-state index in [1.165, 1.54) is 12.1 Å². The number of rotatable bonds is 6. The zero-order chi connectivity index (χ0) is 17.8. The molecule has 2 heterocycles. The van der Waals surface area contributed by atoms with E-state index in [9.17, 15) is 9.18 Å². The molecule has 1 aromatic heterocycles. The molecule has 0 saturated carbocycles. The fraction of sp³-hybridized carbons (Fsp3) is 0.421. The Hall–Kier alpha value is -2.34. The molecule has 1 saturated heterocycles. The van der Waals surface area contributed by atoms with E-state index >= 15 is 0 Å². The minimum absolute atomic E-state index is 0.216. The van der Waals surface area contributed by atoms with Gasteiger partial charge in [0.1, 0.15) is 11.6 Å². The molecule has 2 aromatic rings. The summed E-state index contributed by atoms with van der Waals surface area (Å²) in [6, 6.07) is 8.86. The van der Waals surface area contributed by atoms with Gasteiger partial charge in [0.2, 0.25) is 5.91 Å². The van der Waals surface area contributed by atoms with Gasteiger partial charge >= 0.3 is 0 Å². The number of hydrogen-bond donors (Lipinski definition) is 1. The van der Waals surface area contributed by atoms with Crippen molar-refractivity contribution in [1.82, 2.24) is 14.9 Å². The standard InChI is InChI=1S/C19H23FN4O/c1-13-22-16(8-9-19(21)25)11-17(23-13)18-3-2-10-24(18)12-14-4-6-15(20)7-5-14/h4-7,11,18H,2-3,8-10,12H2,1H3,(H2,21,25). The van der Waals surface area contributed by atoms with Crippen LogP contribution in [0.3, 0.4) is 0 Å². The molecule has 1 fully saturated rings. The molecular weight excluding hydrogens is 319 g/mol. The van der Waals surface area contributed by atoms with Crippen molar-refractivity contribution in [2.75, 3.05) is 6.54 Å². The van der Waals surface area contributed by atoms with Crippen LogP contribution in [0.1, 0.15) is 48.1 Å². The number of aromatic nitrogens is 2.